The average molecular weight is 379 g/mol. The van der Waals surface area contributed by atoms with Crippen LogP contribution in [0.3, 0.4) is 0 Å². The zero-order valence-electron chi connectivity index (χ0n) is 16.8. The van der Waals surface area contributed by atoms with Crippen LogP contribution in [0.1, 0.15) is 39.5 Å². The number of rotatable bonds is 11. The summed E-state index contributed by atoms with van der Waals surface area (Å²) in [7, 11) is 0. The first kappa shape index (κ1) is 21.5. The van der Waals surface area contributed by atoms with Crippen LogP contribution >= 0.6 is 0 Å². The monoisotopic (exact) mass is 378 g/mol. The highest BCUT2D eigenvalue weighted by Gasteiger charge is 2.02. The molecule has 1 aromatic carbocycles. The highest BCUT2D eigenvalue weighted by atomic mass is 16.5. The average Bonchev–Trinajstić information content (AvgIpc) is 2.69. The van der Waals surface area contributed by atoms with Gasteiger partial charge in [0.15, 0.2) is 0 Å². The Morgan fingerprint density at radius 2 is 1.79 bits per heavy atom. The second kappa shape index (κ2) is 12.6. The number of hydrogen-bond acceptors (Lipinski definition) is 3. The van der Waals surface area contributed by atoms with Gasteiger partial charge in [0.1, 0.15) is 11.3 Å². The minimum Gasteiger partial charge on any atom is -0.493 e. The van der Waals surface area contributed by atoms with E-state index in [2.05, 4.69) is 62.5 Å². The zero-order valence-corrected chi connectivity index (χ0v) is 16.8. The molecule has 0 saturated carbocycles. The van der Waals surface area contributed by atoms with E-state index in [1.54, 1.807) is 12.1 Å². The molecule has 0 radical (unpaired) electrons. The van der Waals surface area contributed by atoms with Gasteiger partial charge in [-0.25, -0.2) is 4.79 Å². The van der Waals surface area contributed by atoms with E-state index >= 15 is 0 Å². The maximum absolute atomic E-state index is 11.3. The van der Waals surface area contributed by atoms with Crippen molar-refractivity contribution >= 4 is 11.0 Å². The molecule has 0 saturated heterocycles. The molecule has 2 aromatic rings. The summed E-state index contributed by atoms with van der Waals surface area (Å²) in [4.78, 5) is 11.3. The van der Waals surface area contributed by atoms with Crippen molar-refractivity contribution in [3.8, 4) is 5.75 Å². The van der Waals surface area contributed by atoms with Crippen molar-refractivity contribution in [1.29, 1.82) is 0 Å². The van der Waals surface area contributed by atoms with Crippen molar-refractivity contribution in [2.24, 2.45) is 5.92 Å². The molecule has 0 aliphatic carbocycles. The van der Waals surface area contributed by atoms with Gasteiger partial charge in [-0.15, -0.1) is 0 Å². The molecule has 1 unspecified atom stereocenters. The Balaban J connectivity index is 1.68. The molecule has 0 fully saturated rings. The Morgan fingerprint density at radius 3 is 2.64 bits per heavy atom. The number of hydrogen-bond donors (Lipinski definition) is 0. The Morgan fingerprint density at radius 1 is 1.00 bits per heavy atom. The fraction of sp³-hybridized carbons (Fsp3) is 0.320. The van der Waals surface area contributed by atoms with Gasteiger partial charge in [-0.2, -0.15) is 0 Å². The molecule has 0 bridgehead atoms. The summed E-state index contributed by atoms with van der Waals surface area (Å²) >= 11 is 0. The molecule has 3 heteroatoms. The Hall–Kier alpha value is -2.81. The number of benzene rings is 1. The molecular weight excluding hydrogens is 348 g/mol. The van der Waals surface area contributed by atoms with Crippen LogP contribution in [0.25, 0.3) is 11.0 Å². The van der Waals surface area contributed by atoms with Gasteiger partial charge in [-0.3, -0.25) is 0 Å². The molecule has 2 rings (SSSR count). The highest BCUT2D eigenvalue weighted by Crippen LogP contribution is 2.20. The summed E-state index contributed by atoms with van der Waals surface area (Å²) in [5.74, 6) is 1.14. The van der Waals surface area contributed by atoms with E-state index in [4.69, 9.17) is 9.15 Å². The maximum Gasteiger partial charge on any atom is 0.336 e. The molecular formula is C25H30O3. The van der Waals surface area contributed by atoms with E-state index in [0.29, 0.717) is 18.1 Å². The van der Waals surface area contributed by atoms with E-state index in [1.165, 1.54) is 6.07 Å². The van der Waals surface area contributed by atoms with E-state index in [1.807, 2.05) is 12.1 Å². The SMILES string of the molecule is CC/C=C\CC/C=C/C=C\C=C\C(C)CCOc1ccc2ccc(=O)oc2c1. The molecule has 0 amide bonds. The summed E-state index contributed by atoms with van der Waals surface area (Å²) < 4.78 is 11.0. The number of fused-ring (bicyclic) bond motifs is 1. The Kier molecular flexibility index (Phi) is 9.64. The smallest absolute Gasteiger partial charge is 0.336 e. The van der Waals surface area contributed by atoms with Gasteiger partial charge in [0.05, 0.1) is 6.61 Å². The molecule has 1 aromatic heterocycles. The topological polar surface area (TPSA) is 39.4 Å². The molecule has 1 heterocycles. The molecule has 28 heavy (non-hydrogen) atoms. The van der Waals surface area contributed by atoms with Crippen LogP contribution in [0.2, 0.25) is 0 Å². The van der Waals surface area contributed by atoms with Gasteiger partial charge >= 0.3 is 5.63 Å². The Labute approximate surface area is 167 Å². The van der Waals surface area contributed by atoms with Crippen LogP contribution < -0.4 is 10.4 Å². The number of ether oxygens (including phenoxy) is 1. The van der Waals surface area contributed by atoms with Crippen LogP contribution in [-0.2, 0) is 0 Å². The lowest BCUT2D eigenvalue weighted by Gasteiger charge is -2.09. The summed E-state index contributed by atoms with van der Waals surface area (Å²) in [6.07, 6.45) is 21.3. The standard InChI is InChI=1S/C25H30O3/c1-3-4-5-6-7-8-9-10-11-12-13-21(2)18-19-27-23-16-14-22-15-17-25(26)28-24(22)20-23/h4-5,8-17,20-21H,3,6-7,18-19H2,1-2H3/b5-4-,9-8+,11-10-,13-12+. The summed E-state index contributed by atoms with van der Waals surface area (Å²) in [5.41, 5.74) is 0.206. The van der Waals surface area contributed by atoms with Crippen LogP contribution in [0.5, 0.6) is 5.75 Å². The lowest BCUT2D eigenvalue weighted by molar-refractivity contribution is 0.296. The Bertz CT molecular complexity index is 884. The third-order valence-electron chi connectivity index (χ3n) is 4.25. The number of unbranched alkanes of at least 4 members (excludes halogenated alkanes) is 1. The number of allylic oxidation sites excluding steroid dienone is 8. The fourth-order valence-corrected chi connectivity index (χ4v) is 2.62. The van der Waals surface area contributed by atoms with Gasteiger partial charge in [0.2, 0.25) is 0 Å². The van der Waals surface area contributed by atoms with Gasteiger partial charge < -0.3 is 9.15 Å². The van der Waals surface area contributed by atoms with E-state index in [9.17, 15) is 4.79 Å². The van der Waals surface area contributed by atoms with Crippen LogP contribution in [0.15, 0.2) is 88.2 Å². The van der Waals surface area contributed by atoms with Crippen molar-refractivity contribution in [2.75, 3.05) is 6.61 Å². The lowest BCUT2D eigenvalue weighted by atomic mass is 10.1. The van der Waals surface area contributed by atoms with Crippen molar-refractivity contribution < 1.29 is 9.15 Å². The lowest BCUT2D eigenvalue weighted by Crippen LogP contribution is -2.02. The van der Waals surface area contributed by atoms with E-state index in [0.717, 1.165) is 36.8 Å². The van der Waals surface area contributed by atoms with Crippen LogP contribution in [0, 0.1) is 5.92 Å². The summed E-state index contributed by atoms with van der Waals surface area (Å²) in [5, 5.41) is 0.890. The first-order valence-corrected chi connectivity index (χ1v) is 10.0. The predicted octanol–water partition coefficient (Wildman–Crippen LogP) is 6.61. The fourth-order valence-electron chi connectivity index (χ4n) is 2.62. The predicted molar refractivity (Wildman–Crippen MR) is 118 cm³/mol. The van der Waals surface area contributed by atoms with Crippen LogP contribution in [-0.4, -0.2) is 6.61 Å². The second-order valence-electron chi connectivity index (χ2n) is 6.72. The zero-order chi connectivity index (χ0) is 20.0. The molecule has 1 atom stereocenters. The van der Waals surface area contributed by atoms with E-state index in [-0.39, 0.29) is 5.63 Å². The third kappa shape index (κ3) is 8.26. The van der Waals surface area contributed by atoms with Gasteiger partial charge in [-0.1, -0.05) is 62.5 Å². The molecule has 0 aliphatic rings. The van der Waals surface area contributed by atoms with Gasteiger partial charge in [0.25, 0.3) is 0 Å². The molecule has 0 spiro atoms. The molecule has 0 aliphatic heterocycles. The van der Waals surface area contributed by atoms with Gasteiger partial charge in [0, 0.05) is 17.5 Å². The van der Waals surface area contributed by atoms with Crippen molar-refractivity contribution in [3.05, 3.63) is 89.4 Å². The summed E-state index contributed by atoms with van der Waals surface area (Å²) in [6, 6.07) is 8.74. The van der Waals surface area contributed by atoms with Crippen molar-refractivity contribution in [3.63, 3.8) is 0 Å². The van der Waals surface area contributed by atoms with Crippen LogP contribution in [0.4, 0.5) is 0 Å². The van der Waals surface area contributed by atoms with E-state index < -0.39 is 0 Å². The normalized spacial score (nSPS) is 13.5. The highest BCUT2D eigenvalue weighted by molar-refractivity contribution is 5.77. The minimum atomic E-state index is -0.348. The molecule has 148 valence electrons. The maximum atomic E-state index is 11.3. The second-order valence-corrected chi connectivity index (χ2v) is 6.72. The third-order valence-corrected chi connectivity index (χ3v) is 4.25. The minimum absolute atomic E-state index is 0.348. The first-order valence-electron chi connectivity index (χ1n) is 10.0. The molecule has 0 N–H and O–H groups in total. The molecule has 3 nitrogen and oxygen atoms in total. The van der Waals surface area contributed by atoms with Crippen molar-refractivity contribution in [1.82, 2.24) is 0 Å². The summed E-state index contributed by atoms with van der Waals surface area (Å²) in [6.45, 7) is 4.94. The van der Waals surface area contributed by atoms with Gasteiger partial charge in [-0.05, 0) is 49.8 Å². The van der Waals surface area contributed by atoms with Crippen molar-refractivity contribution in [2.45, 2.75) is 39.5 Å². The largest absolute Gasteiger partial charge is 0.493 e. The first-order chi connectivity index (χ1) is 13.7. The quantitative estimate of drug-likeness (QED) is 0.191.